The van der Waals surface area contributed by atoms with Gasteiger partial charge in [-0.2, -0.15) is 5.26 Å². The number of carboxylic acid groups (broad SMARTS) is 1. The average molecular weight is 203 g/mol. The number of aromatic carboxylic acids is 1. The normalized spacial score (nSPS) is 9.87. The molecule has 0 unspecified atom stereocenters. The largest absolute Gasteiger partial charge is 0.497 e. The van der Waals surface area contributed by atoms with Gasteiger partial charge in [0.1, 0.15) is 5.75 Å². The number of carbonyl (C=O) groups is 1. The number of nitrogens with zero attached hydrogens (tertiary/aromatic N) is 1. The maximum atomic E-state index is 10.8. The van der Waals surface area contributed by atoms with E-state index in [9.17, 15) is 4.79 Å². The van der Waals surface area contributed by atoms with Crippen LogP contribution in [0.25, 0.3) is 6.08 Å². The maximum absolute atomic E-state index is 10.8. The van der Waals surface area contributed by atoms with Crippen LogP contribution in [0.5, 0.6) is 5.75 Å². The van der Waals surface area contributed by atoms with Crippen molar-refractivity contribution in [3.63, 3.8) is 0 Å². The summed E-state index contributed by atoms with van der Waals surface area (Å²) < 4.78 is 4.96. The first kappa shape index (κ1) is 10.8. The Morgan fingerprint density at radius 2 is 2.33 bits per heavy atom. The van der Waals surface area contributed by atoms with Crippen LogP contribution < -0.4 is 4.74 Å². The molecule has 0 aromatic heterocycles. The van der Waals surface area contributed by atoms with Crippen molar-refractivity contribution in [3.05, 3.63) is 35.4 Å². The number of methoxy groups -OCH3 is 1. The van der Waals surface area contributed by atoms with Crippen molar-refractivity contribution in [2.45, 2.75) is 0 Å². The molecule has 76 valence electrons. The maximum Gasteiger partial charge on any atom is 0.336 e. The molecule has 1 aromatic carbocycles. The fraction of sp³-hybridized carbons (Fsp3) is 0.0909. The van der Waals surface area contributed by atoms with Gasteiger partial charge >= 0.3 is 5.97 Å². The number of hydrogen-bond acceptors (Lipinski definition) is 3. The van der Waals surface area contributed by atoms with Gasteiger partial charge in [-0.05, 0) is 29.8 Å². The summed E-state index contributed by atoms with van der Waals surface area (Å²) in [7, 11) is 1.49. The SMILES string of the molecule is COc1ccc(C(=O)O)c(C=CC#N)c1. The van der Waals surface area contributed by atoms with E-state index in [1.165, 1.54) is 25.3 Å². The molecule has 4 nitrogen and oxygen atoms in total. The molecule has 0 radical (unpaired) electrons. The Morgan fingerprint density at radius 3 is 2.87 bits per heavy atom. The lowest BCUT2D eigenvalue weighted by Crippen LogP contribution is -1.99. The molecule has 0 bridgehead atoms. The Morgan fingerprint density at radius 1 is 1.60 bits per heavy atom. The summed E-state index contributed by atoms with van der Waals surface area (Å²) in [5.74, 6) is -0.479. The molecule has 0 saturated carbocycles. The van der Waals surface area contributed by atoms with Gasteiger partial charge < -0.3 is 9.84 Å². The second kappa shape index (κ2) is 4.82. The first-order valence-corrected chi connectivity index (χ1v) is 4.16. The topological polar surface area (TPSA) is 70.3 Å². The van der Waals surface area contributed by atoms with Gasteiger partial charge in [0, 0.05) is 6.08 Å². The van der Waals surface area contributed by atoms with Crippen LogP contribution in [0.4, 0.5) is 0 Å². The number of nitriles is 1. The number of carboxylic acids is 1. The van der Waals surface area contributed by atoms with Crippen molar-refractivity contribution in [2.75, 3.05) is 7.11 Å². The third kappa shape index (κ3) is 2.58. The number of allylic oxidation sites excluding steroid dienone is 1. The Kier molecular flexibility index (Phi) is 3.47. The van der Waals surface area contributed by atoms with Crippen molar-refractivity contribution in [1.29, 1.82) is 5.26 Å². The zero-order valence-electron chi connectivity index (χ0n) is 8.10. The van der Waals surface area contributed by atoms with Crippen LogP contribution in [0.2, 0.25) is 0 Å². The number of ether oxygens (including phenoxy) is 1. The Bertz CT molecular complexity index is 444. The molecule has 0 fully saturated rings. The summed E-state index contributed by atoms with van der Waals surface area (Å²) in [4.78, 5) is 10.8. The van der Waals surface area contributed by atoms with E-state index < -0.39 is 5.97 Å². The smallest absolute Gasteiger partial charge is 0.336 e. The summed E-state index contributed by atoms with van der Waals surface area (Å²) in [6.07, 6.45) is 2.66. The highest BCUT2D eigenvalue weighted by Crippen LogP contribution is 2.19. The van der Waals surface area contributed by atoms with E-state index in [0.29, 0.717) is 11.3 Å². The van der Waals surface area contributed by atoms with Gasteiger partial charge in [0.2, 0.25) is 0 Å². The minimum atomic E-state index is -1.03. The molecule has 0 saturated heterocycles. The highest BCUT2D eigenvalue weighted by Gasteiger charge is 2.08. The fourth-order valence-corrected chi connectivity index (χ4v) is 1.13. The Balaban J connectivity index is 3.23. The summed E-state index contributed by atoms with van der Waals surface area (Å²) in [5, 5.41) is 17.2. The lowest BCUT2D eigenvalue weighted by atomic mass is 10.1. The van der Waals surface area contributed by atoms with Gasteiger partial charge in [0.15, 0.2) is 0 Å². The molecule has 0 aliphatic heterocycles. The van der Waals surface area contributed by atoms with Gasteiger partial charge in [-0.25, -0.2) is 4.79 Å². The highest BCUT2D eigenvalue weighted by molar-refractivity contribution is 5.92. The predicted octanol–water partition coefficient (Wildman–Crippen LogP) is 1.93. The lowest BCUT2D eigenvalue weighted by Gasteiger charge is -2.04. The molecule has 0 aliphatic carbocycles. The van der Waals surface area contributed by atoms with E-state index in [1.54, 1.807) is 18.2 Å². The summed E-state index contributed by atoms with van der Waals surface area (Å²) in [6, 6.07) is 6.38. The zero-order chi connectivity index (χ0) is 11.3. The predicted molar refractivity (Wildman–Crippen MR) is 54.6 cm³/mol. The van der Waals surface area contributed by atoms with Crippen LogP contribution >= 0.6 is 0 Å². The van der Waals surface area contributed by atoms with Gasteiger partial charge in [0.25, 0.3) is 0 Å². The van der Waals surface area contributed by atoms with E-state index in [2.05, 4.69) is 0 Å². The molecule has 0 spiro atoms. The molecule has 0 amide bonds. The lowest BCUT2D eigenvalue weighted by molar-refractivity contribution is 0.0696. The zero-order valence-corrected chi connectivity index (χ0v) is 8.10. The van der Waals surface area contributed by atoms with E-state index in [1.807, 2.05) is 0 Å². The minimum absolute atomic E-state index is 0.141. The second-order valence-corrected chi connectivity index (χ2v) is 2.72. The van der Waals surface area contributed by atoms with Crippen molar-refractivity contribution >= 4 is 12.0 Å². The van der Waals surface area contributed by atoms with Crippen LogP contribution in [0, 0.1) is 11.3 Å². The molecular formula is C11H9NO3. The fourth-order valence-electron chi connectivity index (χ4n) is 1.13. The molecule has 0 atom stereocenters. The van der Waals surface area contributed by atoms with Crippen molar-refractivity contribution in [2.24, 2.45) is 0 Å². The van der Waals surface area contributed by atoms with Gasteiger partial charge in [-0.1, -0.05) is 0 Å². The summed E-state index contributed by atoms with van der Waals surface area (Å²) >= 11 is 0. The third-order valence-electron chi connectivity index (χ3n) is 1.83. The van der Waals surface area contributed by atoms with Crippen LogP contribution in [-0.4, -0.2) is 18.2 Å². The number of hydrogen-bond donors (Lipinski definition) is 1. The first-order valence-electron chi connectivity index (χ1n) is 4.16. The van der Waals surface area contributed by atoms with Gasteiger partial charge in [-0.3, -0.25) is 0 Å². The van der Waals surface area contributed by atoms with E-state index >= 15 is 0 Å². The number of benzene rings is 1. The first-order chi connectivity index (χ1) is 7.19. The van der Waals surface area contributed by atoms with Crippen molar-refractivity contribution in [3.8, 4) is 11.8 Å². The monoisotopic (exact) mass is 203 g/mol. The molecule has 15 heavy (non-hydrogen) atoms. The summed E-state index contributed by atoms with van der Waals surface area (Å²) in [5.41, 5.74) is 0.589. The van der Waals surface area contributed by atoms with Gasteiger partial charge in [0.05, 0.1) is 18.7 Å². The van der Waals surface area contributed by atoms with Crippen molar-refractivity contribution in [1.82, 2.24) is 0 Å². The average Bonchev–Trinajstić information content (AvgIpc) is 2.25. The van der Waals surface area contributed by atoms with E-state index in [-0.39, 0.29) is 5.56 Å². The molecule has 4 heteroatoms. The molecule has 1 aromatic rings. The quantitative estimate of drug-likeness (QED) is 0.762. The van der Waals surface area contributed by atoms with Crippen molar-refractivity contribution < 1.29 is 14.6 Å². The molecular weight excluding hydrogens is 194 g/mol. The molecule has 0 aliphatic rings. The van der Waals surface area contributed by atoms with Crippen LogP contribution in [0.3, 0.4) is 0 Å². The molecule has 1 N–H and O–H groups in total. The Hall–Kier alpha value is -2.28. The highest BCUT2D eigenvalue weighted by atomic mass is 16.5. The van der Waals surface area contributed by atoms with Gasteiger partial charge in [-0.15, -0.1) is 0 Å². The van der Waals surface area contributed by atoms with Crippen LogP contribution in [0.15, 0.2) is 24.3 Å². The number of rotatable bonds is 3. The van der Waals surface area contributed by atoms with E-state index in [4.69, 9.17) is 15.1 Å². The minimum Gasteiger partial charge on any atom is -0.497 e. The standard InChI is InChI=1S/C11H9NO3/c1-15-9-4-5-10(11(13)14)8(7-9)3-2-6-12/h2-5,7H,1H3,(H,13,14). The Labute approximate surface area is 87.0 Å². The molecule has 1 rings (SSSR count). The second-order valence-electron chi connectivity index (χ2n) is 2.72. The third-order valence-corrected chi connectivity index (χ3v) is 1.83. The van der Waals surface area contributed by atoms with Crippen LogP contribution in [-0.2, 0) is 0 Å². The molecule has 0 heterocycles. The van der Waals surface area contributed by atoms with E-state index in [0.717, 1.165) is 0 Å². The van der Waals surface area contributed by atoms with Crippen LogP contribution in [0.1, 0.15) is 15.9 Å². The summed E-state index contributed by atoms with van der Waals surface area (Å²) in [6.45, 7) is 0.